The van der Waals surface area contributed by atoms with Gasteiger partial charge in [0.15, 0.2) is 0 Å². The van der Waals surface area contributed by atoms with Crippen molar-refractivity contribution in [1.29, 1.82) is 0 Å². The lowest BCUT2D eigenvalue weighted by Gasteiger charge is -2.20. The van der Waals surface area contributed by atoms with Crippen molar-refractivity contribution < 1.29 is 4.92 Å². The highest BCUT2D eigenvalue weighted by Gasteiger charge is 2.23. The van der Waals surface area contributed by atoms with Crippen molar-refractivity contribution in [2.45, 2.75) is 18.9 Å². The van der Waals surface area contributed by atoms with Crippen molar-refractivity contribution in [1.82, 2.24) is 9.80 Å². The highest BCUT2D eigenvalue weighted by Crippen LogP contribution is 2.16. The third-order valence-corrected chi connectivity index (χ3v) is 3.82. The van der Waals surface area contributed by atoms with Crippen LogP contribution in [0.4, 0.5) is 5.69 Å². The highest BCUT2D eigenvalue weighted by molar-refractivity contribution is 5.34. The number of nitro benzene ring substituents is 1. The molecular weight excluding hydrogens is 242 g/mol. The molecule has 104 valence electrons. The first-order valence-electron chi connectivity index (χ1n) is 6.68. The molecule has 0 bridgehead atoms. The van der Waals surface area contributed by atoms with E-state index in [4.69, 9.17) is 0 Å². The number of nitrogens with zero attached hydrogens (tertiary/aromatic N) is 3. The van der Waals surface area contributed by atoms with E-state index in [2.05, 4.69) is 23.9 Å². The minimum atomic E-state index is -0.332. The Morgan fingerprint density at radius 1 is 1.47 bits per heavy atom. The monoisotopic (exact) mass is 263 g/mol. The van der Waals surface area contributed by atoms with Gasteiger partial charge >= 0.3 is 0 Å². The van der Waals surface area contributed by atoms with E-state index < -0.39 is 0 Å². The first kappa shape index (κ1) is 14.0. The summed E-state index contributed by atoms with van der Waals surface area (Å²) in [7, 11) is 4.24. The third-order valence-electron chi connectivity index (χ3n) is 3.82. The molecule has 0 amide bonds. The summed E-state index contributed by atoms with van der Waals surface area (Å²) in [5.74, 6) is 0. The van der Waals surface area contributed by atoms with Crippen LogP contribution in [0.15, 0.2) is 24.3 Å². The van der Waals surface area contributed by atoms with Gasteiger partial charge < -0.3 is 9.80 Å². The molecule has 1 aliphatic heterocycles. The maximum Gasteiger partial charge on any atom is 0.269 e. The van der Waals surface area contributed by atoms with Gasteiger partial charge in [-0.2, -0.15) is 0 Å². The fourth-order valence-corrected chi connectivity index (χ4v) is 2.55. The van der Waals surface area contributed by atoms with Crippen LogP contribution >= 0.6 is 0 Å². The molecule has 1 aliphatic rings. The van der Waals surface area contributed by atoms with Crippen molar-refractivity contribution in [3.63, 3.8) is 0 Å². The molecule has 0 N–H and O–H groups in total. The zero-order valence-electron chi connectivity index (χ0n) is 11.6. The van der Waals surface area contributed by atoms with Gasteiger partial charge in [0.2, 0.25) is 0 Å². The van der Waals surface area contributed by atoms with Crippen molar-refractivity contribution in [2.75, 3.05) is 33.7 Å². The lowest BCUT2D eigenvalue weighted by atomic mass is 10.1. The Morgan fingerprint density at radius 2 is 2.26 bits per heavy atom. The predicted molar refractivity (Wildman–Crippen MR) is 75.3 cm³/mol. The number of non-ortho nitro benzene ring substituents is 1. The second kappa shape index (κ2) is 6.12. The van der Waals surface area contributed by atoms with Crippen LogP contribution in [0.3, 0.4) is 0 Å². The first-order chi connectivity index (χ1) is 9.06. The quantitative estimate of drug-likeness (QED) is 0.600. The molecule has 1 saturated heterocycles. The molecule has 0 aromatic heterocycles. The van der Waals surface area contributed by atoms with Crippen LogP contribution in [0.2, 0.25) is 0 Å². The molecule has 5 nitrogen and oxygen atoms in total. The van der Waals surface area contributed by atoms with E-state index in [1.54, 1.807) is 18.2 Å². The van der Waals surface area contributed by atoms with Crippen LogP contribution in [-0.2, 0) is 6.42 Å². The van der Waals surface area contributed by atoms with Crippen LogP contribution in [0.25, 0.3) is 0 Å². The Hall–Kier alpha value is -1.46. The average molecular weight is 263 g/mol. The number of likely N-dealkylation sites (tertiary alicyclic amines) is 1. The van der Waals surface area contributed by atoms with E-state index in [-0.39, 0.29) is 10.6 Å². The summed E-state index contributed by atoms with van der Waals surface area (Å²) < 4.78 is 0. The smallest absolute Gasteiger partial charge is 0.269 e. The summed E-state index contributed by atoms with van der Waals surface area (Å²) in [6.07, 6.45) is 2.09. The normalized spacial score (nSPS) is 20.1. The Morgan fingerprint density at radius 3 is 2.89 bits per heavy atom. The molecule has 0 unspecified atom stereocenters. The van der Waals surface area contributed by atoms with E-state index in [1.165, 1.54) is 6.42 Å². The van der Waals surface area contributed by atoms with Gasteiger partial charge in [0.25, 0.3) is 5.69 Å². The zero-order valence-corrected chi connectivity index (χ0v) is 11.6. The van der Waals surface area contributed by atoms with Gasteiger partial charge in [-0.15, -0.1) is 0 Å². The maximum atomic E-state index is 10.7. The van der Waals surface area contributed by atoms with Crippen LogP contribution in [-0.4, -0.2) is 54.5 Å². The molecule has 0 radical (unpaired) electrons. The molecule has 1 aromatic carbocycles. The SMILES string of the molecule is CN(C)[C@@H]1CCN(CCc2cccc([N+](=O)[O-])c2)C1. The number of hydrogen-bond donors (Lipinski definition) is 0. The van der Waals surface area contributed by atoms with Crippen LogP contribution in [0.1, 0.15) is 12.0 Å². The van der Waals surface area contributed by atoms with Crippen molar-refractivity contribution in [3.8, 4) is 0 Å². The predicted octanol–water partition coefficient (Wildman–Crippen LogP) is 1.77. The third kappa shape index (κ3) is 3.75. The maximum absolute atomic E-state index is 10.7. The van der Waals surface area contributed by atoms with Gasteiger partial charge in [0, 0.05) is 31.3 Å². The molecule has 5 heteroatoms. The van der Waals surface area contributed by atoms with E-state index >= 15 is 0 Å². The summed E-state index contributed by atoms with van der Waals surface area (Å²) in [4.78, 5) is 15.1. The first-order valence-corrected chi connectivity index (χ1v) is 6.68. The molecule has 1 aromatic rings. The summed E-state index contributed by atoms with van der Waals surface area (Å²) in [6, 6.07) is 7.60. The summed E-state index contributed by atoms with van der Waals surface area (Å²) in [5.41, 5.74) is 1.23. The topological polar surface area (TPSA) is 49.6 Å². The van der Waals surface area contributed by atoms with Crippen LogP contribution in [0.5, 0.6) is 0 Å². The zero-order chi connectivity index (χ0) is 13.8. The van der Waals surface area contributed by atoms with Gasteiger partial charge in [0.05, 0.1) is 4.92 Å². The Labute approximate surface area is 114 Å². The molecule has 19 heavy (non-hydrogen) atoms. The highest BCUT2D eigenvalue weighted by atomic mass is 16.6. The Balaban J connectivity index is 1.86. The van der Waals surface area contributed by atoms with Crippen molar-refractivity contribution in [2.24, 2.45) is 0 Å². The van der Waals surface area contributed by atoms with Gasteiger partial charge in [-0.25, -0.2) is 0 Å². The summed E-state index contributed by atoms with van der Waals surface area (Å²) in [5, 5.41) is 10.7. The molecule has 0 aliphatic carbocycles. The minimum Gasteiger partial charge on any atom is -0.305 e. The second-order valence-electron chi connectivity index (χ2n) is 5.38. The minimum absolute atomic E-state index is 0.185. The lowest BCUT2D eigenvalue weighted by Crippen LogP contribution is -2.32. The van der Waals surface area contributed by atoms with E-state index in [1.807, 2.05) is 6.07 Å². The standard InChI is InChI=1S/C14H21N3O2/c1-15(2)14-7-9-16(11-14)8-6-12-4-3-5-13(10-12)17(18)19/h3-5,10,14H,6-9,11H2,1-2H3/t14-/m1/s1. The summed E-state index contributed by atoms with van der Waals surface area (Å²) >= 11 is 0. The molecule has 2 rings (SSSR count). The number of hydrogen-bond acceptors (Lipinski definition) is 4. The number of rotatable bonds is 5. The molecule has 0 saturated carbocycles. The van der Waals surface area contributed by atoms with Crippen LogP contribution in [0, 0.1) is 10.1 Å². The van der Waals surface area contributed by atoms with Crippen molar-refractivity contribution >= 4 is 5.69 Å². The second-order valence-corrected chi connectivity index (χ2v) is 5.38. The number of likely N-dealkylation sites (N-methyl/N-ethyl adjacent to an activating group) is 1. The summed E-state index contributed by atoms with van der Waals surface area (Å²) in [6.45, 7) is 3.20. The molecule has 1 atom stereocenters. The number of nitro groups is 1. The van der Waals surface area contributed by atoms with E-state index in [9.17, 15) is 10.1 Å². The Bertz CT molecular complexity index is 448. The Kier molecular flexibility index (Phi) is 4.50. The molecule has 1 heterocycles. The number of benzene rings is 1. The van der Waals surface area contributed by atoms with Gasteiger partial charge in [0.1, 0.15) is 0 Å². The van der Waals surface area contributed by atoms with Gasteiger partial charge in [-0.3, -0.25) is 10.1 Å². The van der Waals surface area contributed by atoms with E-state index in [0.29, 0.717) is 6.04 Å². The van der Waals surface area contributed by atoms with Crippen LogP contribution < -0.4 is 0 Å². The van der Waals surface area contributed by atoms with Gasteiger partial charge in [-0.1, -0.05) is 12.1 Å². The van der Waals surface area contributed by atoms with E-state index in [0.717, 1.165) is 31.6 Å². The molecule has 0 spiro atoms. The van der Waals surface area contributed by atoms with Gasteiger partial charge in [-0.05, 0) is 39.0 Å². The largest absolute Gasteiger partial charge is 0.305 e. The molecular formula is C14H21N3O2. The van der Waals surface area contributed by atoms with Crippen molar-refractivity contribution in [3.05, 3.63) is 39.9 Å². The fraction of sp³-hybridized carbons (Fsp3) is 0.571. The fourth-order valence-electron chi connectivity index (χ4n) is 2.55. The lowest BCUT2D eigenvalue weighted by molar-refractivity contribution is -0.384. The average Bonchev–Trinajstić information content (AvgIpc) is 2.85. The molecule has 1 fully saturated rings.